The van der Waals surface area contributed by atoms with Gasteiger partial charge in [-0.1, -0.05) is 26.7 Å². The predicted octanol–water partition coefficient (Wildman–Crippen LogP) is 5.45. The summed E-state index contributed by atoms with van der Waals surface area (Å²) in [5.74, 6) is -0.111. The summed E-state index contributed by atoms with van der Waals surface area (Å²) in [6.07, 6.45) is 7.58. The Hall–Kier alpha value is -0.890. The number of aryl methyl sites for hydroxylation is 2. The molecule has 0 spiro atoms. The van der Waals surface area contributed by atoms with E-state index in [4.69, 9.17) is 0 Å². The van der Waals surface area contributed by atoms with Gasteiger partial charge in [0.25, 0.3) is 0 Å². The minimum atomic E-state index is -0.111. The van der Waals surface area contributed by atoms with Crippen LogP contribution in [0.2, 0.25) is 0 Å². The van der Waals surface area contributed by atoms with E-state index in [9.17, 15) is 4.39 Å². The van der Waals surface area contributed by atoms with Gasteiger partial charge in [0.1, 0.15) is 5.82 Å². The van der Waals surface area contributed by atoms with Gasteiger partial charge in [-0.25, -0.2) is 4.39 Å². The summed E-state index contributed by atoms with van der Waals surface area (Å²) in [7, 11) is 0. The topological polar surface area (TPSA) is 12.0 Å². The van der Waals surface area contributed by atoms with E-state index in [-0.39, 0.29) is 5.82 Å². The van der Waals surface area contributed by atoms with E-state index < -0.39 is 0 Å². The SMILES string of the molecule is CCCNC(c1c(C)cc(F)cc1C)C1(CC)CCCC1. The summed E-state index contributed by atoms with van der Waals surface area (Å²) in [5, 5.41) is 3.80. The lowest BCUT2D eigenvalue weighted by Crippen LogP contribution is -2.37. The van der Waals surface area contributed by atoms with Crippen LogP contribution in [0.1, 0.15) is 75.1 Å². The molecule has 1 N–H and O–H groups in total. The number of rotatable bonds is 6. The summed E-state index contributed by atoms with van der Waals surface area (Å²) in [6, 6.07) is 3.76. The van der Waals surface area contributed by atoms with Crippen LogP contribution in [-0.4, -0.2) is 6.54 Å². The summed E-state index contributed by atoms with van der Waals surface area (Å²) < 4.78 is 13.7. The molecule has 0 aliphatic heterocycles. The van der Waals surface area contributed by atoms with Crippen LogP contribution in [0.15, 0.2) is 12.1 Å². The van der Waals surface area contributed by atoms with Crippen molar-refractivity contribution in [2.45, 2.75) is 72.3 Å². The Kier molecular flexibility index (Phi) is 5.43. The molecule has 0 bridgehead atoms. The van der Waals surface area contributed by atoms with Crippen molar-refractivity contribution in [3.63, 3.8) is 0 Å². The quantitative estimate of drug-likeness (QED) is 0.734. The Balaban J connectivity index is 2.45. The molecule has 0 saturated heterocycles. The minimum Gasteiger partial charge on any atom is -0.309 e. The van der Waals surface area contributed by atoms with Gasteiger partial charge < -0.3 is 5.32 Å². The Bertz CT molecular complexity index is 451. The molecule has 1 fully saturated rings. The van der Waals surface area contributed by atoms with Gasteiger partial charge in [0.15, 0.2) is 0 Å². The molecule has 1 aromatic carbocycles. The Morgan fingerprint density at radius 1 is 1.14 bits per heavy atom. The molecule has 1 aromatic rings. The first-order valence-electron chi connectivity index (χ1n) is 8.54. The molecule has 118 valence electrons. The van der Waals surface area contributed by atoms with E-state index in [1.165, 1.54) is 37.7 Å². The Morgan fingerprint density at radius 3 is 2.19 bits per heavy atom. The molecule has 0 aromatic heterocycles. The lowest BCUT2D eigenvalue weighted by atomic mass is 9.71. The summed E-state index contributed by atoms with van der Waals surface area (Å²) in [5.41, 5.74) is 3.89. The summed E-state index contributed by atoms with van der Waals surface area (Å²) in [6.45, 7) is 9.68. The van der Waals surface area contributed by atoms with E-state index in [2.05, 4.69) is 33.0 Å². The highest BCUT2D eigenvalue weighted by Gasteiger charge is 2.41. The predicted molar refractivity (Wildman–Crippen MR) is 88.1 cm³/mol. The van der Waals surface area contributed by atoms with Crippen molar-refractivity contribution in [2.75, 3.05) is 6.54 Å². The third-order valence-electron chi connectivity index (χ3n) is 5.36. The fourth-order valence-corrected chi connectivity index (χ4v) is 4.22. The van der Waals surface area contributed by atoms with Crippen LogP contribution in [0.5, 0.6) is 0 Å². The number of hydrogen-bond donors (Lipinski definition) is 1. The van der Waals surface area contributed by atoms with Crippen LogP contribution in [0.3, 0.4) is 0 Å². The van der Waals surface area contributed by atoms with E-state index >= 15 is 0 Å². The average molecular weight is 291 g/mol. The number of halogens is 1. The van der Waals surface area contributed by atoms with E-state index in [1.54, 1.807) is 12.1 Å². The molecule has 1 nitrogen and oxygen atoms in total. The van der Waals surface area contributed by atoms with Gasteiger partial charge >= 0.3 is 0 Å². The molecule has 0 heterocycles. The molecule has 0 radical (unpaired) electrons. The summed E-state index contributed by atoms with van der Waals surface area (Å²) in [4.78, 5) is 0. The molecular weight excluding hydrogens is 261 g/mol. The molecular formula is C19H30FN. The molecule has 2 heteroatoms. The van der Waals surface area contributed by atoms with E-state index in [0.29, 0.717) is 11.5 Å². The fraction of sp³-hybridized carbons (Fsp3) is 0.684. The fourth-order valence-electron chi connectivity index (χ4n) is 4.22. The lowest BCUT2D eigenvalue weighted by Gasteiger charge is -2.39. The third kappa shape index (κ3) is 3.31. The van der Waals surface area contributed by atoms with Crippen molar-refractivity contribution in [2.24, 2.45) is 5.41 Å². The minimum absolute atomic E-state index is 0.111. The van der Waals surface area contributed by atoms with E-state index in [0.717, 1.165) is 24.1 Å². The van der Waals surface area contributed by atoms with Gasteiger partial charge in [0.2, 0.25) is 0 Å². The van der Waals surface area contributed by atoms with Gasteiger partial charge in [-0.05, 0) is 80.3 Å². The van der Waals surface area contributed by atoms with Crippen molar-refractivity contribution >= 4 is 0 Å². The van der Waals surface area contributed by atoms with Gasteiger partial charge in [0.05, 0.1) is 0 Å². The largest absolute Gasteiger partial charge is 0.309 e. The standard InChI is InChI=1S/C19H30FN/c1-5-11-21-18(19(6-2)9-7-8-10-19)17-14(3)12-16(20)13-15(17)4/h12-13,18,21H,5-11H2,1-4H3. The zero-order valence-electron chi connectivity index (χ0n) is 14.1. The third-order valence-corrected chi connectivity index (χ3v) is 5.36. The number of nitrogens with one attached hydrogen (secondary N) is 1. The van der Waals surface area contributed by atoms with E-state index in [1.807, 2.05) is 0 Å². The highest BCUT2D eigenvalue weighted by Crippen LogP contribution is 2.51. The van der Waals surface area contributed by atoms with Crippen LogP contribution in [0.25, 0.3) is 0 Å². The molecule has 0 amide bonds. The lowest BCUT2D eigenvalue weighted by molar-refractivity contribution is 0.186. The van der Waals surface area contributed by atoms with Crippen LogP contribution in [-0.2, 0) is 0 Å². The van der Waals surface area contributed by atoms with Gasteiger partial charge in [0, 0.05) is 6.04 Å². The molecule has 1 atom stereocenters. The average Bonchev–Trinajstić information content (AvgIpc) is 2.91. The van der Waals surface area contributed by atoms with Crippen molar-refractivity contribution in [3.8, 4) is 0 Å². The Labute approximate surface area is 129 Å². The second-order valence-electron chi connectivity index (χ2n) is 6.76. The van der Waals surface area contributed by atoms with Crippen LogP contribution < -0.4 is 5.32 Å². The molecule has 21 heavy (non-hydrogen) atoms. The molecule has 1 aliphatic rings. The zero-order chi connectivity index (χ0) is 15.5. The highest BCUT2D eigenvalue weighted by atomic mass is 19.1. The monoisotopic (exact) mass is 291 g/mol. The normalized spacial score (nSPS) is 18.9. The van der Waals surface area contributed by atoms with Crippen molar-refractivity contribution in [3.05, 3.63) is 34.6 Å². The Morgan fingerprint density at radius 2 is 1.71 bits per heavy atom. The number of hydrogen-bond acceptors (Lipinski definition) is 1. The van der Waals surface area contributed by atoms with Crippen LogP contribution >= 0.6 is 0 Å². The van der Waals surface area contributed by atoms with Crippen molar-refractivity contribution in [1.82, 2.24) is 5.32 Å². The highest BCUT2D eigenvalue weighted by molar-refractivity contribution is 5.38. The molecule has 1 saturated carbocycles. The smallest absolute Gasteiger partial charge is 0.123 e. The first-order valence-corrected chi connectivity index (χ1v) is 8.54. The zero-order valence-corrected chi connectivity index (χ0v) is 14.1. The van der Waals surface area contributed by atoms with Gasteiger partial charge in [-0.15, -0.1) is 0 Å². The maximum absolute atomic E-state index is 13.7. The van der Waals surface area contributed by atoms with Gasteiger partial charge in [-0.2, -0.15) is 0 Å². The first-order chi connectivity index (χ1) is 10.0. The van der Waals surface area contributed by atoms with Crippen LogP contribution in [0, 0.1) is 25.1 Å². The molecule has 1 aliphatic carbocycles. The molecule has 1 unspecified atom stereocenters. The second kappa shape index (κ2) is 6.91. The maximum atomic E-state index is 13.7. The van der Waals surface area contributed by atoms with Crippen molar-refractivity contribution in [1.29, 1.82) is 0 Å². The van der Waals surface area contributed by atoms with Crippen LogP contribution in [0.4, 0.5) is 4.39 Å². The summed E-state index contributed by atoms with van der Waals surface area (Å²) >= 11 is 0. The van der Waals surface area contributed by atoms with Crippen molar-refractivity contribution < 1.29 is 4.39 Å². The number of benzene rings is 1. The second-order valence-corrected chi connectivity index (χ2v) is 6.76. The van der Waals surface area contributed by atoms with Gasteiger partial charge in [-0.3, -0.25) is 0 Å². The first kappa shape index (κ1) is 16.5. The molecule has 2 rings (SSSR count). The maximum Gasteiger partial charge on any atom is 0.123 e.